The first-order chi connectivity index (χ1) is 5.66. The zero-order valence-corrected chi connectivity index (χ0v) is 7.45. The highest BCUT2D eigenvalue weighted by atomic mass is 16.3. The summed E-state index contributed by atoms with van der Waals surface area (Å²) in [6.45, 7) is 3.78. The van der Waals surface area contributed by atoms with Gasteiger partial charge in [-0.25, -0.2) is 0 Å². The molecule has 0 radical (unpaired) electrons. The maximum atomic E-state index is 10.9. The van der Waals surface area contributed by atoms with Gasteiger partial charge in [-0.05, 0) is 13.8 Å². The average Bonchev–Trinajstić information content (AvgIpc) is 2.01. The molecule has 68 valence electrons. The van der Waals surface area contributed by atoms with Gasteiger partial charge in [0.25, 0.3) is 0 Å². The summed E-state index contributed by atoms with van der Waals surface area (Å²) in [5, 5.41) is 11.4. The summed E-state index contributed by atoms with van der Waals surface area (Å²) in [4.78, 5) is 10.9. The third kappa shape index (κ3) is 7.02. The van der Waals surface area contributed by atoms with Crippen LogP contribution >= 0.6 is 0 Å². The number of nitrogens with one attached hydrogen (secondary N) is 1. The minimum absolute atomic E-state index is 0.186. The number of carbonyl (C=O) groups excluding carboxylic acids is 1. The molecule has 1 amide bonds. The summed E-state index contributed by atoms with van der Waals surface area (Å²) in [7, 11) is 0. The van der Waals surface area contributed by atoms with E-state index < -0.39 is 6.10 Å². The third-order valence-electron chi connectivity index (χ3n) is 1.12. The smallest absolute Gasteiger partial charge is 0.244 e. The Hall–Kier alpha value is -1.09. The second kappa shape index (κ2) is 6.61. The Labute approximate surface area is 72.8 Å². The molecule has 1 atom stereocenters. The number of hydrogen-bond donors (Lipinski definition) is 2. The Bertz CT molecular complexity index is 183. The standard InChI is InChI=1S/C9H15NO2/c1-3-4-5-6-9(12)10-7-8(2)11/h3-6,8,11H,7H2,1-2H3,(H,10,12)/t8-/m0/s1. The number of amides is 1. The van der Waals surface area contributed by atoms with E-state index in [1.54, 1.807) is 19.1 Å². The van der Waals surface area contributed by atoms with Crippen LogP contribution in [0.3, 0.4) is 0 Å². The first kappa shape index (κ1) is 10.9. The first-order valence-electron chi connectivity index (χ1n) is 3.92. The van der Waals surface area contributed by atoms with Gasteiger partial charge in [0.05, 0.1) is 6.10 Å². The molecule has 0 rings (SSSR count). The lowest BCUT2D eigenvalue weighted by Gasteiger charge is -2.03. The molecule has 2 N–H and O–H groups in total. The zero-order valence-electron chi connectivity index (χ0n) is 7.45. The van der Waals surface area contributed by atoms with Crippen molar-refractivity contribution in [1.82, 2.24) is 5.32 Å². The van der Waals surface area contributed by atoms with Gasteiger partial charge in [0.2, 0.25) is 5.91 Å². The Morgan fingerprint density at radius 2 is 2.25 bits per heavy atom. The molecule has 3 heteroatoms. The number of allylic oxidation sites excluding steroid dienone is 3. The second-order valence-corrected chi connectivity index (χ2v) is 2.48. The number of hydrogen-bond acceptors (Lipinski definition) is 2. The number of aliphatic hydroxyl groups is 1. The maximum absolute atomic E-state index is 10.9. The van der Waals surface area contributed by atoms with Gasteiger partial charge in [-0.2, -0.15) is 0 Å². The van der Waals surface area contributed by atoms with Gasteiger partial charge in [0.1, 0.15) is 0 Å². The molecule has 0 heterocycles. The molecule has 0 aromatic heterocycles. The van der Waals surface area contributed by atoms with Crippen LogP contribution in [0.1, 0.15) is 13.8 Å². The molecule has 0 saturated carbocycles. The van der Waals surface area contributed by atoms with Gasteiger partial charge < -0.3 is 10.4 Å². The van der Waals surface area contributed by atoms with Gasteiger partial charge in [-0.3, -0.25) is 4.79 Å². The quantitative estimate of drug-likeness (QED) is 0.478. The molecule has 0 aliphatic heterocycles. The van der Waals surface area contributed by atoms with Crippen LogP contribution in [0.15, 0.2) is 24.3 Å². The van der Waals surface area contributed by atoms with Gasteiger partial charge in [0, 0.05) is 12.6 Å². The van der Waals surface area contributed by atoms with E-state index >= 15 is 0 Å². The molecule has 0 fully saturated rings. The van der Waals surface area contributed by atoms with Crippen molar-refractivity contribution in [3.63, 3.8) is 0 Å². The monoisotopic (exact) mass is 169 g/mol. The number of carbonyl (C=O) groups is 1. The van der Waals surface area contributed by atoms with E-state index in [1.807, 2.05) is 13.0 Å². The molecular weight excluding hydrogens is 154 g/mol. The summed E-state index contributed by atoms with van der Waals surface area (Å²) in [6, 6.07) is 0. The van der Waals surface area contributed by atoms with Crippen molar-refractivity contribution in [2.75, 3.05) is 6.54 Å². The van der Waals surface area contributed by atoms with Crippen molar-refractivity contribution >= 4 is 5.91 Å². The van der Waals surface area contributed by atoms with E-state index in [2.05, 4.69) is 5.32 Å². The Morgan fingerprint density at radius 3 is 2.75 bits per heavy atom. The van der Waals surface area contributed by atoms with Gasteiger partial charge >= 0.3 is 0 Å². The normalized spacial score (nSPS) is 13.9. The number of aliphatic hydroxyl groups excluding tert-OH is 1. The summed E-state index contributed by atoms with van der Waals surface area (Å²) in [6.07, 6.45) is 6.17. The van der Waals surface area contributed by atoms with E-state index in [1.165, 1.54) is 6.08 Å². The van der Waals surface area contributed by atoms with Crippen LogP contribution in [0.25, 0.3) is 0 Å². The van der Waals surface area contributed by atoms with Crippen molar-refractivity contribution < 1.29 is 9.90 Å². The van der Waals surface area contributed by atoms with E-state index in [9.17, 15) is 4.79 Å². The first-order valence-corrected chi connectivity index (χ1v) is 3.92. The van der Waals surface area contributed by atoms with Crippen molar-refractivity contribution in [1.29, 1.82) is 0 Å². The molecule has 0 spiro atoms. The highest BCUT2D eigenvalue weighted by molar-refractivity contribution is 5.87. The van der Waals surface area contributed by atoms with Crippen LogP contribution in [0.4, 0.5) is 0 Å². The fourth-order valence-corrected chi connectivity index (χ4v) is 0.561. The van der Waals surface area contributed by atoms with Gasteiger partial charge in [0.15, 0.2) is 0 Å². The molecule has 0 aliphatic rings. The summed E-state index contributed by atoms with van der Waals surface area (Å²) < 4.78 is 0. The molecule has 0 bridgehead atoms. The van der Waals surface area contributed by atoms with E-state index in [-0.39, 0.29) is 5.91 Å². The molecule has 3 nitrogen and oxygen atoms in total. The maximum Gasteiger partial charge on any atom is 0.244 e. The van der Waals surface area contributed by atoms with Crippen molar-refractivity contribution in [3.8, 4) is 0 Å². The second-order valence-electron chi connectivity index (χ2n) is 2.48. The topological polar surface area (TPSA) is 49.3 Å². The fraction of sp³-hybridized carbons (Fsp3) is 0.444. The van der Waals surface area contributed by atoms with Crippen LogP contribution in [0, 0.1) is 0 Å². The molecular formula is C9H15NO2. The van der Waals surface area contributed by atoms with Crippen LogP contribution in [0.2, 0.25) is 0 Å². The lowest BCUT2D eigenvalue weighted by Crippen LogP contribution is -2.28. The summed E-state index contributed by atoms with van der Waals surface area (Å²) in [5.41, 5.74) is 0. The molecule has 0 aromatic rings. The highest BCUT2D eigenvalue weighted by Gasteiger charge is 1.96. The van der Waals surface area contributed by atoms with Gasteiger partial charge in [-0.1, -0.05) is 18.2 Å². The van der Waals surface area contributed by atoms with E-state index in [0.717, 1.165) is 0 Å². The van der Waals surface area contributed by atoms with Crippen molar-refractivity contribution in [3.05, 3.63) is 24.3 Å². The van der Waals surface area contributed by atoms with Crippen LogP contribution < -0.4 is 5.32 Å². The predicted octanol–water partition coefficient (Wildman–Crippen LogP) is 0.616. The van der Waals surface area contributed by atoms with Crippen LogP contribution in [-0.4, -0.2) is 23.7 Å². The highest BCUT2D eigenvalue weighted by Crippen LogP contribution is 1.79. The lowest BCUT2D eigenvalue weighted by molar-refractivity contribution is -0.116. The Balaban J connectivity index is 3.59. The zero-order chi connectivity index (χ0) is 9.40. The van der Waals surface area contributed by atoms with Crippen molar-refractivity contribution in [2.24, 2.45) is 0 Å². The SMILES string of the molecule is CC=CC=CC(=O)NC[C@H](C)O. The molecule has 0 saturated heterocycles. The van der Waals surface area contributed by atoms with E-state index in [4.69, 9.17) is 5.11 Å². The van der Waals surface area contributed by atoms with Crippen LogP contribution in [-0.2, 0) is 4.79 Å². The molecule has 12 heavy (non-hydrogen) atoms. The fourth-order valence-electron chi connectivity index (χ4n) is 0.561. The lowest BCUT2D eigenvalue weighted by atomic mass is 10.4. The predicted molar refractivity (Wildman–Crippen MR) is 48.6 cm³/mol. The molecule has 0 aliphatic carbocycles. The molecule has 0 aromatic carbocycles. The largest absolute Gasteiger partial charge is 0.392 e. The minimum Gasteiger partial charge on any atom is -0.392 e. The van der Waals surface area contributed by atoms with E-state index in [0.29, 0.717) is 6.54 Å². The summed E-state index contributed by atoms with van der Waals surface area (Å²) in [5.74, 6) is -0.186. The Kier molecular flexibility index (Phi) is 6.01. The van der Waals surface area contributed by atoms with Crippen molar-refractivity contribution in [2.45, 2.75) is 20.0 Å². The number of rotatable bonds is 4. The minimum atomic E-state index is -0.496. The molecule has 0 unspecified atom stereocenters. The summed E-state index contributed by atoms with van der Waals surface area (Å²) >= 11 is 0. The van der Waals surface area contributed by atoms with Crippen LogP contribution in [0.5, 0.6) is 0 Å². The Morgan fingerprint density at radius 1 is 1.58 bits per heavy atom. The van der Waals surface area contributed by atoms with Gasteiger partial charge in [-0.15, -0.1) is 0 Å². The third-order valence-corrected chi connectivity index (χ3v) is 1.12. The average molecular weight is 169 g/mol.